The van der Waals surface area contributed by atoms with Crippen LogP contribution in [0.4, 0.5) is 0 Å². The summed E-state index contributed by atoms with van der Waals surface area (Å²) < 4.78 is 0. The van der Waals surface area contributed by atoms with Gasteiger partial charge in [0.15, 0.2) is 0 Å². The molecular formula is C14H15BO2. The van der Waals surface area contributed by atoms with Crippen molar-refractivity contribution in [2.24, 2.45) is 0 Å². The fourth-order valence-electron chi connectivity index (χ4n) is 2.10. The van der Waals surface area contributed by atoms with Crippen molar-refractivity contribution in [3.63, 3.8) is 0 Å². The minimum absolute atomic E-state index is 0.561. The molecule has 0 aliphatic heterocycles. The quantitative estimate of drug-likeness (QED) is 0.764. The average Bonchev–Trinajstić information content (AvgIpc) is 2.30. The SMILES string of the molecule is Cc1ccccc1-c1cccc(B(O)O)c1C. The van der Waals surface area contributed by atoms with Crippen LogP contribution in [0.1, 0.15) is 11.1 Å². The third-order valence-electron chi connectivity index (χ3n) is 3.09. The number of aryl methyl sites for hydroxylation is 1. The summed E-state index contributed by atoms with van der Waals surface area (Å²) in [6.45, 7) is 3.97. The Morgan fingerprint density at radius 3 is 2.12 bits per heavy atom. The first-order valence-corrected chi connectivity index (χ1v) is 5.63. The van der Waals surface area contributed by atoms with Crippen LogP contribution in [0, 0.1) is 13.8 Å². The van der Waals surface area contributed by atoms with Crippen LogP contribution in [-0.4, -0.2) is 17.2 Å². The summed E-state index contributed by atoms with van der Waals surface area (Å²) in [6.07, 6.45) is 0. The van der Waals surface area contributed by atoms with E-state index in [9.17, 15) is 10.0 Å². The predicted molar refractivity (Wildman–Crippen MR) is 71.2 cm³/mol. The molecule has 0 atom stereocenters. The summed E-state index contributed by atoms with van der Waals surface area (Å²) in [5.41, 5.74) is 4.84. The third-order valence-corrected chi connectivity index (χ3v) is 3.09. The van der Waals surface area contributed by atoms with Gasteiger partial charge < -0.3 is 10.0 Å². The highest BCUT2D eigenvalue weighted by molar-refractivity contribution is 6.59. The molecule has 0 radical (unpaired) electrons. The zero-order chi connectivity index (χ0) is 12.4. The lowest BCUT2D eigenvalue weighted by Gasteiger charge is -2.12. The van der Waals surface area contributed by atoms with Gasteiger partial charge >= 0.3 is 7.12 Å². The van der Waals surface area contributed by atoms with E-state index in [0.717, 1.165) is 16.7 Å². The van der Waals surface area contributed by atoms with E-state index in [1.165, 1.54) is 5.56 Å². The molecular weight excluding hydrogens is 211 g/mol. The van der Waals surface area contributed by atoms with Crippen molar-refractivity contribution in [3.8, 4) is 11.1 Å². The van der Waals surface area contributed by atoms with E-state index >= 15 is 0 Å². The molecule has 0 fully saturated rings. The first-order valence-electron chi connectivity index (χ1n) is 5.63. The van der Waals surface area contributed by atoms with Gasteiger partial charge in [0.2, 0.25) is 0 Å². The average molecular weight is 226 g/mol. The normalized spacial score (nSPS) is 10.4. The maximum absolute atomic E-state index is 9.30. The molecule has 3 heteroatoms. The number of rotatable bonds is 2. The minimum atomic E-state index is -1.42. The maximum atomic E-state index is 9.30. The molecule has 0 aliphatic carbocycles. The Labute approximate surface area is 102 Å². The van der Waals surface area contributed by atoms with Crippen LogP contribution < -0.4 is 5.46 Å². The second-order valence-corrected chi connectivity index (χ2v) is 4.21. The van der Waals surface area contributed by atoms with Gasteiger partial charge in [0.25, 0.3) is 0 Å². The molecule has 2 N–H and O–H groups in total. The Morgan fingerprint density at radius 1 is 0.824 bits per heavy atom. The van der Waals surface area contributed by atoms with E-state index in [0.29, 0.717) is 5.46 Å². The monoisotopic (exact) mass is 226 g/mol. The largest absolute Gasteiger partial charge is 0.488 e. The second kappa shape index (κ2) is 4.74. The standard InChI is InChI=1S/C14H15BO2/c1-10-6-3-4-7-12(10)13-8-5-9-14(11(13)2)15(16)17/h3-9,16-17H,1-2H3. The third kappa shape index (κ3) is 2.26. The van der Waals surface area contributed by atoms with Gasteiger partial charge in [-0.3, -0.25) is 0 Å². The maximum Gasteiger partial charge on any atom is 0.488 e. The van der Waals surface area contributed by atoms with Crippen molar-refractivity contribution < 1.29 is 10.0 Å². The Hall–Kier alpha value is -1.58. The van der Waals surface area contributed by atoms with Crippen LogP contribution in [0.15, 0.2) is 42.5 Å². The van der Waals surface area contributed by atoms with Gasteiger partial charge in [-0.1, -0.05) is 42.5 Å². The number of benzene rings is 2. The lowest BCUT2D eigenvalue weighted by atomic mass is 9.75. The molecule has 0 unspecified atom stereocenters. The fraction of sp³-hybridized carbons (Fsp3) is 0.143. The van der Waals surface area contributed by atoms with E-state index < -0.39 is 7.12 Å². The topological polar surface area (TPSA) is 40.5 Å². The van der Waals surface area contributed by atoms with Crippen molar-refractivity contribution >= 4 is 12.6 Å². The van der Waals surface area contributed by atoms with Gasteiger partial charge in [-0.2, -0.15) is 0 Å². The molecule has 2 rings (SSSR count). The Morgan fingerprint density at radius 2 is 1.47 bits per heavy atom. The summed E-state index contributed by atoms with van der Waals surface area (Å²) in [5, 5.41) is 18.6. The molecule has 2 nitrogen and oxygen atoms in total. The molecule has 0 bridgehead atoms. The lowest BCUT2D eigenvalue weighted by Crippen LogP contribution is -2.32. The van der Waals surface area contributed by atoms with E-state index in [2.05, 4.69) is 13.0 Å². The van der Waals surface area contributed by atoms with Crippen LogP contribution in [0.25, 0.3) is 11.1 Å². The predicted octanol–water partition coefficient (Wildman–Crippen LogP) is 1.65. The molecule has 0 heterocycles. The van der Waals surface area contributed by atoms with Gasteiger partial charge in [0.1, 0.15) is 0 Å². The zero-order valence-corrected chi connectivity index (χ0v) is 10.0. The van der Waals surface area contributed by atoms with Crippen molar-refractivity contribution in [2.45, 2.75) is 13.8 Å². The molecule has 86 valence electrons. The van der Waals surface area contributed by atoms with Gasteiger partial charge in [-0.05, 0) is 41.6 Å². The first-order chi connectivity index (χ1) is 8.11. The Kier molecular flexibility index (Phi) is 3.32. The summed E-state index contributed by atoms with van der Waals surface area (Å²) in [4.78, 5) is 0. The molecule has 0 saturated carbocycles. The number of hydrogen-bond acceptors (Lipinski definition) is 2. The summed E-state index contributed by atoms with van der Waals surface area (Å²) in [5.74, 6) is 0. The van der Waals surface area contributed by atoms with E-state index in [-0.39, 0.29) is 0 Å². The molecule has 0 aromatic heterocycles. The Bertz CT molecular complexity index is 535. The molecule has 0 amide bonds. The lowest BCUT2D eigenvalue weighted by molar-refractivity contribution is 0.425. The highest BCUT2D eigenvalue weighted by Gasteiger charge is 2.16. The van der Waals surface area contributed by atoms with Gasteiger partial charge in [0.05, 0.1) is 0 Å². The van der Waals surface area contributed by atoms with Crippen molar-refractivity contribution in [3.05, 3.63) is 53.6 Å². The number of hydrogen-bond donors (Lipinski definition) is 2. The van der Waals surface area contributed by atoms with Crippen LogP contribution >= 0.6 is 0 Å². The molecule has 17 heavy (non-hydrogen) atoms. The van der Waals surface area contributed by atoms with Gasteiger partial charge in [-0.15, -0.1) is 0 Å². The van der Waals surface area contributed by atoms with E-state index in [1.54, 1.807) is 6.07 Å². The molecule has 2 aromatic rings. The zero-order valence-electron chi connectivity index (χ0n) is 10.0. The van der Waals surface area contributed by atoms with Gasteiger partial charge in [-0.25, -0.2) is 0 Å². The summed E-state index contributed by atoms with van der Waals surface area (Å²) >= 11 is 0. The van der Waals surface area contributed by atoms with E-state index in [4.69, 9.17) is 0 Å². The smallest absolute Gasteiger partial charge is 0.423 e. The van der Waals surface area contributed by atoms with Crippen molar-refractivity contribution in [1.29, 1.82) is 0 Å². The molecule has 0 aliphatic rings. The summed E-state index contributed by atoms with van der Waals surface area (Å²) in [6, 6.07) is 13.7. The van der Waals surface area contributed by atoms with E-state index in [1.807, 2.05) is 37.3 Å². The van der Waals surface area contributed by atoms with Crippen LogP contribution in [0.3, 0.4) is 0 Å². The fourth-order valence-corrected chi connectivity index (χ4v) is 2.10. The van der Waals surface area contributed by atoms with Crippen LogP contribution in [0.2, 0.25) is 0 Å². The first kappa shape index (κ1) is 11.9. The summed E-state index contributed by atoms with van der Waals surface area (Å²) in [7, 11) is -1.42. The van der Waals surface area contributed by atoms with Crippen LogP contribution in [0.5, 0.6) is 0 Å². The molecule has 0 saturated heterocycles. The Balaban J connectivity index is 2.61. The molecule has 0 spiro atoms. The van der Waals surface area contributed by atoms with Crippen LogP contribution in [-0.2, 0) is 0 Å². The molecule has 2 aromatic carbocycles. The highest BCUT2D eigenvalue weighted by atomic mass is 16.4. The second-order valence-electron chi connectivity index (χ2n) is 4.21. The van der Waals surface area contributed by atoms with Gasteiger partial charge in [0, 0.05) is 0 Å². The van der Waals surface area contributed by atoms with Crippen molar-refractivity contribution in [2.75, 3.05) is 0 Å². The highest BCUT2D eigenvalue weighted by Crippen LogP contribution is 2.25. The minimum Gasteiger partial charge on any atom is -0.423 e. The van der Waals surface area contributed by atoms with Crippen molar-refractivity contribution in [1.82, 2.24) is 0 Å².